The minimum Gasteiger partial charge on any atom is -0.480 e. The quantitative estimate of drug-likeness (QED) is 0.441. The van der Waals surface area contributed by atoms with E-state index in [9.17, 15) is 19.2 Å². The normalized spacial score (nSPS) is 10.6. The van der Waals surface area contributed by atoms with E-state index in [1.807, 2.05) is 5.32 Å². The van der Waals surface area contributed by atoms with E-state index in [2.05, 4.69) is 10.1 Å². The highest BCUT2D eigenvalue weighted by Crippen LogP contribution is 2.11. The molecule has 0 rings (SSSR count). The molecule has 0 fully saturated rings. The summed E-state index contributed by atoms with van der Waals surface area (Å²) >= 11 is 0. The standard InChI is InChI=1S/C10H17N3O6/c1-10(2,8(11)17)5-12-9(18)13-6(14)3-19-4-7(15)16/h3-5H2,1-2H3,(H2,11,17)(H,15,16)(H2,12,13,14,18). The van der Waals surface area contributed by atoms with E-state index in [0.717, 1.165) is 0 Å². The summed E-state index contributed by atoms with van der Waals surface area (Å²) in [5.74, 6) is -2.61. The van der Waals surface area contributed by atoms with Crippen LogP contribution in [-0.2, 0) is 19.1 Å². The van der Waals surface area contributed by atoms with Crippen LogP contribution in [-0.4, -0.2) is 48.7 Å². The van der Waals surface area contributed by atoms with Gasteiger partial charge in [-0.25, -0.2) is 9.59 Å². The molecule has 0 aliphatic heterocycles. The number of carbonyl (C=O) groups is 4. The summed E-state index contributed by atoms with van der Waals surface area (Å²) in [4.78, 5) is 43.4. The van der Waals surface area contributed by atoms with Gasteiger partial charge in [-0.1, -0.05) is 0 Å². The first-order chi connectivity index (χ1) is 8.65. The largest absolute Gasteiger partial charge is 0.480 e. The number of nitrogens with one attached hydrogen (secondary N) is 2. The third kappa shape index (κ3) is 7.71. The summed E-state index contributed by atoms with van der Waals surface area (Å²) in [5.41, 5.74) is 4.15. The number of ether oxygens (including phenoxy) is 1. The van der Waals surface area contributed by atoms with Gasteiger partial charge in [-0.05, 0) is 13.8 Å². The molecule has 0 atom stereocenters. The van der Waals surface area contributed by atoms with E-state index in [4.69, 9.17) is 10.8 Å². The minimum atomic E-state index is -1.22. The Morgan fingerprint density at radius 3 is 2.26 bits per heavy atom. The Balaban J connectivity index is 3.95. The number of nitrogens with two attached hydrogens (primary N) is 1. The van der Waals surface area contributed by atoms with Crippen molar-refractivity contribution in [2.45, 2.75) is 13.8 Å². The lowest BCUT2D eigenvalue weighted by atomic mass is 9.93. The molecule has 0 aliphatic carbocycles. The minimum absolute atomic E-state index is 0.0442. The van der Waals surface area contributed by atoms with Crippen LogP contribution >= 0.6 is 0 Å². The molecule has 9 heteroatoms. The predicted molar refractivity (Wildman–Crippen MR) is 63.0 cm³/mol. The molecule has 0 unspecified atom stereocenters. The van der Waals surface area contributed by atoms with Crippen molar-refractivity contribution in [2.75, 3.05) is 19.8 Å². The number of carbonyl (C=O) groups excluding carboxylic acids is 3. The fraction of sp³-hybridized carbons (Fsp3) is 0.600. The molecule has 0 radical (unpaired) electrons. The van der Waals surface area contributed by atoms with Gasteiger partial charge in [0.15, 0.2) is 0 Å². The van der Waals surface area contributed by atoms with Gasteiger partial charge in [-0.15, -0.1) is 0 Å². The maximum absolute atomic E-state index is 11.3. The molecule has 0 aromatic heterocycles. The Bertz CT molecular complexity index is 379. The van der Waals surface area contributed by atoms with E-state index in [-0.39, 0.29) is 6.54 Å². The number of carboxylic acids is 1. The summed E-state index contributed by atoms with van der Waals surface area (Å²) in [6, 6.07) is -0.821. The lowest BCUT2D eigenvalue weighted by Crippen LogP contribution is -2.47. The number of rotatable bonds is 7. The number of hydrogen-bond donors (Lipinski definition) is 4. The van der Waals surface area contributed by atoms with Gasteiger partial charge in [0.05, 0.1) is 5.41 Å². The third-order valence-electron chi connectivity index (χ3n) is 2.07. The average molecular weight is 275 g/mol. The van der Waals surface area contributed by atoms with Crippen LogP contribution in [0.3, 0.4) is 0 Å². The summed E-state index contributed by atoms with van der Waals surface area (Å²) < 4.78 is 4.48. The number of hydrogen-bond acceptors (Lipinski definition) is 5. The number of imide groups is 1. The summed E-state index contributed by atoms with van der Waals surface area (Å²) in [7, 11) is 0. The molecule has 0 heterocycles. The molecule has 108 valence electrons. The smallest absolute Gasteiger partial charge is 0.329 e. The van der Waals surface area contributed by atoms with Crippen LogP contribution in [0.1, 0.15) is 13.8 Å². The molecule has 19 heavy (non-hydrogen) atoms. The van der Waals surface area contributed by atoms with Crippen LogP contribution in [0.15, 0.2) is 0 Å². The molecular formula is C10H17N3O6. The Morgan fingerprint density at radius 2 is 1.79 bits per heavy atom. The fourth-order valence-corrected chi connectivity index (χ4v) is 0.826. The van der Waals surface area contributed by atoms with Gasteiger partial charge in [0.2, 0.25) is 5.91 Å². The van der Waals surface area contributed by atoms with Crippen LogP contribution in [0, 0.1) is 5.41 Å². The van der Waals surface area contributed by atoms with Crippen LogP contribution in [0.2, 0.25) is 0 Å². The second-order valence-corrected chi connectivity index (χ2v) is 4.37. The molecule has 0 spiro atoms. The summed E-state index contributed by atoms with van der Waals surface area (Å²) in [6.45, 7) is 1.83. The van der Waals surface area contributed by atoms with Crippen molar-refractivity contribution >= 4 is 23.8 Å². The zero-order chi connectivity index (χ0) is 15.1. The molecule has 9 nitrogen and oxygen atoms in total. The van der Waals surface area contributed by atoms with Crippen LogP contribution in [0.25, 0.3) is 0 Å². The lowest BCUT2D eigenvalue weighted by molar-refractivity contribution is -0.143. The van der Waals surface area contributed by atoms with Crippen LogP contribution < -0.4 is 16.4 Å². The van der Waals surface area contributed by atoms with Gasteiger partial charge in [0.25, 0.3) is 5.91 Å². The average Bonchev–Trinajstić information content (AvgIpc) is 2.25. The molecule has 5 N–H and O–H groups in total. The molecule has 0 saturated heterocycles. The predicted octanol–water partition coefficient (Wildman–Crippen LogP) is -1.58. The number of primary amides is 1. The highest BCUT2D eigenvalue weighted by atomic mass is 16.5. The van der Waals surface area contributed by atoms with Crippen molar-refractivity contribution in [3.05, 3.63) is 0 Å². The van der Waals surface area contributed by atoms with Gasteiger partial charge in [0, 0.05) is 6.54 Å². The number of carboxylic acid groups (broad SMARTS) is 1. The highest BCUT2D eigenvalue weighted by molar-refractivity contribution is 5.95. The lowest BCUT2D eigenvalue weighted by Gasteiger charge is -2.20. The first kappa shape index (κ1) is 16.8. The van der Waals surface area contributed by atoms with Gasteiger partial charge in [-0.3, -0.25) is 14.9 Å². The van der Waals surface area contributed by atoms with Crippen molar-refractivity contribution in [3.8, 4) is 0 Å². The first-order valence-electron chi connectivity index (χ1n) is 5.32. The molecule has 0 saturated carbocycles. The molecule has 0 aromatic rings. The Labute approximate surface area is 109 Å². The zero-order valence-electron chi connectivity index (χ0n) is 10.7. The maximum Gasteiger partial charge on any atom is 0.329 e. The van der Waals surface area contributed by atoms with Crippen molar-refractivity contribution in [2.24, 2.45) is 11.1 Å². The summed E-state index contributed by atoms with van der Waals surface area (Å²) in [6.07, 6.45) is 0. The van der Waals surface area contributed by atoms with Gasteiger partial charge >= 0.3 is 12.0 Å². The van der Waals surface area contributed by atoms with Crippen molar-refractivity contribution in [3.63, 3.8) is 0 Å². The summed E-state index contributed by atoms with van der Waals surface area (Å²) in [5, 5.41) is 12.5. The second-order valence-electron chi connectivity index (χ2n) is 4.37. The Morgan fingerprint density at radius 1 is 1.21 bits per heavy atom. The van der Waals surface area contributed by atoms with Crippen molar-refractivity contribution < 1.29 is 29.0 Å². The molecule has 0 aliphatic rings. The van der Waals surface area contributed by atoms with E-state index in [1.165, 1.54) is 13.8 Å². The topological polar surface area (TPSA) is 148 Å². The van der Waals surface area contributed by atoms with Crippen LogP contribution in [0.4, 0.5) is 4.79 Å². The van der Waals surface area contributed by atoms with Crippen molar-refractivity contribution in [1.82, 2.24) is 10.6 Å². The van der Waals surface area contributed by atoms with Gasteiger partial charge in [0.1, 0.15) is 13.2 Å². The van der Waals surface area contributed by atoms with Gasteiger partial charge < -0.3 is 20.9 Å². The SMILES string of the molecule is CC(C)(CNC(=O)NC(=O)COCC(=O)O)C(N)=O. The van der Waals surface area contributed by atoms with Crippen molar-refractivity contribution in [1.29, 1.82) is 0 Å². The van der Waals surface area contributed by atoms with E-state index in [1.54, 1.807) is 0 Å². The maximum atomic E-state index is 11.3. The third-order valence-corrected chi connectivity index (χ3v) is 2.07. The number of aliphatic carboxylic acids is 1. The number of amides is 4. The molecule has 0 aromatic carbocycles. The Kier molecular flexibility index (Phi) is 6.48. The zero-order valence-corrected chi connectivity index (χ0v) is 10.7. The number of urea groups is 1. The molecular weight excluding hydrogens is 258 g/mol. The van der Waals surface area contributed by atoms with E-state index >= 15 is 0 Å². The fourth-order valence-electron chi connectivity index (χ4n) is 0.826. The highest BCUT2D eigenvalue weighted by Gasteiger charge is 2.25. The van der Waals surface area contributed by atoms with E-state index in [0.29, 0.717) is 0 Å². The second kappa shape index (κ2) is 7.31. The molecule has 0 bridgehead atoms. The monoisotopic (exact) mass is 275 g/mol. The Hall–Kier alpha value is -2.16. The first-order valence-corrected chi connectivity index (χ1v) is 5.32. The van der Waals surface area contributed by atoms with E-state index < -0.39 is 42.4 Å². The van der Waals surface area contributed by atoms with Crippen LogP contribution in [0.5, 0.6) is 0 Å². The molecule has 4 amide bonds. The van der Waals surface area contributed by atoms with Gasteiger partial charge in [-0.2, -0.15) is 0 Å².